The zero-order valence-corrected chi connectivity index (χ0v) is 9.47. The highest BCUT2D eigenvalue weighted by Crippen LogP contribution is 2.33. The molecule has 3 nitrogen and oxygen atoms in total. The summed E-state index contributed by atoms with van der Waals surface area (Å²) in [5, 5.41) is 8.92. The first-order chi connectivity index (χ1) is 7.08. The minimum absolute atomic E-state index is 0.0162. The van der Waals surface area contributed by atoms with Crippen LogP contribution in [0.1, 0.15) is 6.92 Å². The SMILES string of the molecule is COc1cc(SC(C)CO)c(N)cc1F. The Balaban J connectivity index is 2.97. The first kappa shape index (κ1) is 12.1. The van der Waals surface area contributed by atoms with Crippen molar-refractivity contribution < 1.29 is 14.2 Å². The summed E-state index contributed by atoms with van der Waals surface area (Å²) in [5.74, 6) is -0.312. The highest BCUT2D eigenvalue weighted by Gasteiger charge is 2.11. The Morgan fingerprint density at radius 2 is 2.27 bits per heavy atom. The molecule has 1 aromatic rings. The number of anilines is 1. The maximum Gasteiger partial charge on any atom is 0.167 e. The molecule has 0 saturated heterocycles. The number of aliphatic hydroxyl groups excluding tert-OH is 1. The lowest BCUT2D eigenvalue weighted by molar-refractivity contribution is 0.300. The molecule has 0 aliphatic rings. The number of nitrogens with two attached hydrogens (primary N) is 1. The molecular weight excluding hydrogens is 217 g/mol. The molecule has 1 unspecified atom stereocenters. The summed E-state index contributed by atoms with van der Waals surface area (Å²) in [5.41, 5.74) is 6.01. The van der Waals surface area contributed by atoms with Crippen molar-refractivity contribution in [3.8, 4) is 5.75 Å². The summed E-state index contributed by atoms with van der Waals surface area (Å²) in [6.07, 6.45) is 0. The van der Waals surface area contributed by atoms with Gasteiger partial charge in [-0.05, 0) is 6.07 Å². The molecule has 0 spiro atoms. The molecule has 1 aromatic carbocycles. The van der Waals surface area contributed by atoms with Gasteiger partial charge in [-0.3, -0.25) is 0 Å². The molecule has 0 aromatic heterocycles. The van der Waals surface area contributed by atoms with E-state index in [0.717, 1.165) is 4.90 Å². The fraction of sp³-hybridized carbons (Fsp3) is 0.400. The van der Waals surface area contributed by atoms with E-state index in [1.54, 1.807) is 6.07 Å². The molecule has 0 bridgehead atoms. The Labute approximate surface area is 92.4 Å². The zero-order chi connectivity index (χ0) is 11.4. The summed E-state index contributed by atoms with van der Waals surface area (Å²) in [6, 6.07) is 2.77. The molecule has 0 aliphatic carbocycles. The standard InChI is InChI=1S/C10H14FNO2S/c1-6(5-13)15-10-4-9(14-2)7(11)3-8(10)12/h3-4,6,13H,5,12H2,1-2H3. The number of halogens is 1. The molecule has 0 radical (unpaired) electrons. The van der Waals surface area contributed by atoms with Crippen molar-refractivity contribution in [3.05, 3.63) is 17.9 Å². The highest BCUT2D eigenvalue weighted by atomic mass is 32.2. The summed E-state index contributed by atoms with van der Waals surface area (Å²) in [6.45, 7) is 1.91. The van der Waals surface area contributed by atoms with E-state index in [0.29, 0.717) is 5.69 Å². The third-order valence-electron chi connectivity index (χ3n) is 1.87. The van der Waals surface area contributed by atoms with Crippen LogP contribution in [0.5, 0.6) is 5.75 Å². The van der Waals surface area contributed by atoms with E-state index < -0.39 is 5.82 Å². The molecule has 1 atom stereocenters. The molecule has 0 amide bonds. The molecule has 0 saturated carbocycles. The third kappa shape index (κ3) is 3.00. The van der Waals surface area contributed by atoms with Gasteiger partial charge in [0.25, 0.3) is 0 Å². The number of rotatable bonds is 4. The summed E-state index contributed by atoms with van der Waals surface area (Å²) in [4.78, 5) is 0.717. The van der Waals surface area contributed by atoms with Gasteiger partial charge in [0.15, 0.2) is 11.6 Å². The van der Waals surface area contributed by atoms with Crippen LogP contribution in [0.25, 0.3) is 0 Å². The van der Waals surface area contributed by atoms with Gasteiger partial charge >= 0.3 is 0 Å². The molecular formula is C10H14FNO2S. The maximum atomic E-state index is 13.2. The Morgan fingerprint density at radius 3 is 2.80 bits per heavy atom. The van der Waals surface area contributed by atoms with Gasteiger partial charge in [0, 0.05) is 21.9 Å². The van der Waals surface area contributed by atoms with Gasteiger partial charge in [-0.2, -0.15) is 0 Å². The van der Waals surface area contributed by atoms with Crippen LogP contribution in [0.2, 0.25) is 0 Å². The van der Waals surface area contributed by atoms with Crippen LogP contribution in [-0.4, -0.2) is 24.1 Å². The number of hydrogen-bond acceptors (Lipinski definition) is 4. The van der Waals surface area contributed by atoms with Crippen molar-refractivity contribution in [1.29, 1.82) is 0 Å². The largest absolute Gasteiger partial charge is 0.494 e. The fourth-order valence-electron chi connectivity index (χ4n) is 1.06. The number of methoxy groups -OCH3 is 1. The van der Waals surface area contributed by atoms with E-state index in [9.17, 15) is 4.39 Å². The number of benzene rings is 1. The minimum Gasteiger partial charge on any atom is -0.494 e. The first-order valence-corrected chi connectivity index (χ1v) is 5.37. The van der Waals surface area contributed by atoms with Crippen LogP contribution in [0.4, 0.5) is 10.1 Å². The van der Waals surface area contributed by atoms with Gasteiger partial charge in [-0.25, -0.2) is 4.39 Å². The van der Waals surface area contributed by atoms with Crippen LogP contribution in [-0.2, 0) is 0 Å². The predicted molar refractivity (Wildman–Crippen MR) is 59.8 cm³/mol. The van der Waals surface area contributed by atoms with Gasteiger partial charge in [-0.1, -0.05) is 6.92 Å². The van der Waals surface area contributed by atoms with Crippen molar-refractivity contribution in [3.63, 3.8) is 0 Å². The van der Waals surface area contributed by atoms with Crippen molar-refractivity contribution in [2.45, 2.75) is 17.1 Å². The van der Waals surface area contributed by atoms with Crippen LogP contribution < -0.4 is 10.5 Å². The number of aliphatic hydroxyl groups is 1. The number of nitrogen functional groups attached to an aromatic ring is 1. The summed E-state index contributed by atoms with van der Waals surface area (Å²) < 4.78 is 18.0. The van der Waals surface area contributed by atoms with E-state index >= 15 is 0 Å². The second-order valence-electron chi connectivity index (χ2n) is 3.14. The summed E-state index contributed by atoms with van der Waals surface area (Å²) in [7, 11) is 1.40. The van der Waals surface area contributed by atoms with E-state index in [4.69, 9.17) is 15.6 Å². The second-order valence-corrected chi connectivity index (χ2v) is 4.62. The average Bonchev–Trinajstić information content (AvgIpc) is 2.21. The third-order valence-corrected chi connectivity index (χ3v) is 3.03. The van der Waals surface area contributed by atoms with E-state index in [2.05, 4.69) is 0 Å². The van der Waals surface area contributed by atoms with Crippen molar-refractivity contribution >= 4 is 17.4 Å². The Hall–Kier alpha value is -0.940. The highest BCUT2D eigenvalue weighted by molar-refractivity contribution is 8.00. The number of hydrogen-bond donors (Lipinski definition) is 2. The van der Waals surface area contributed by atoms with Crippen molar-refractivity contribution in [2.24, 2.45) is 0 Å². The molecule has 0 fully saturated rings. The summed E-state index contributed by atoms with van der Waals surface area (Å²) >= 11 is 1.39. The lowest BCUT2D eigenvalue weighted by Gasteiger charge is -2.12. The van der Waals surface area contributed by atoms with Crippen molar-refractivity contribution in [1.82, 2.24) is 0 Å². The van der Waals surface area contributed by atoms with E-state index in [1.165, 1.54) is 24.9 Å². The molecule has 84 valence electrons. The maximum absolute atomic E-state index is 13.2. The smallest absolute Gasteiger partial charge is 0.167 e. The van der Waals surface area contributed by atoms with E-state index in [1.807, 2.05) is 6.92 Å². The fourth-order valence-corrected chi connectivity index (χ4v) is 1.94. The van der Waals surface area contributed by atoms with Crippen LogP contribution in [0, 0.1) is 5.82 Å². The minimum atomic E-state index is -0.476. The van der Waals surface area contributed by atoms with Crippen LogP contribution in [0.3, 0.4) is 0 Å². The van der Waals surface area contributed by atoms with Gasteiger partial charge in [0.05, 0.1) is 13.7 Å². The predicted octanol–water partition coefficient (Wildman–Crippen LogP) is 1.89. The zero-order valence-electron chi connectivity index (χ0n) is 8.66. The normalized spacial score (nSPS) is 12.5. The van der Waals surface area contributed by atoms with Crippen LogP contribution in [0.15, 0.2) is 17.0 Å². The monoisotopic (exact) mass is 231 g/mol. The Bertz CT molecular complexity index is 346. The molecule has 0 heterocycles. The van der Waals surface area contributed by atoms with Gasteiger partial charge < -0.3 is 15.6 Å². The number of thioether (sulfide) groups is 1. The van der Waals surface area contributed by atoms with Gasteiger partial charge in [0.2, 0.25) is 0 Å². The molecule has 15 heavy (non-hydrogen) atoms. The second kappa shape index (κ2) is 5.23. The lowest BCUT2D eigenvalue weighted by atomic mass is 10.3. The Kier molecular flexibility index (Phi) is 4.23. The van der Waals surface area contributed by atoms with Gasteiger partial charge in [-0.15, -0.1) is 11.8 Å². The topological polar surface area (TPSA) is 55.5 Å². The van der Waals surface area contributed by atoms with Crippen LogP contribution >= 0.6 is 11.8 Å². The van der Waals surface area contributed by atoms with Gasteiger partial charge in [0.1, 0.15) is 0 Å². The quantitative estimate of drug-likeness (QED) is 0.613. The van der Waals surface area contributed by atoms with E-state index in [-0.39, 0.29) is 17.6 Å². The first-order valence-electron chi connectivity index (χ1n) is 4.49. The Morgan fingerprint density at radius 1 is 1.60 bits per heavy atom. The van der Waals surface area contributed by atoms with Crippen molar-refractivity contribution in [2.75, 3.05) is 19.5 Å². The average molecular weight is 231 g/mol. The molecule has 0 aliphatic heterocycles. The lowest BCUT2D eigenvalue weighted by Crippen LogP contribution is -2.03. The molecule has 1 rings (SSSR count). The number of ether oxygens (including phenoxy) is 1. The molecule has 5 heteroatoms. The molecule has 3 N–H and O–H groups in total.